The molecule has 2 aliphatic rings. The van der Waals surface area contributed by atoms with Crippen LogP contribution in [0.15, 0.2) is 66.3 Å². The van der Waals surface area contributed by atoms with Crippen LogP contribution in [0, 0.1) is 0 Å². The molecule has 3 aromatic rings. The number of allylic oxidation sites excluding steroid dienone is 1. The van der Waals surface area contributed by atoms with Gasteiger partial charge >= 0.3 is 0 Å². The number of aromatic nitrogens is 3. The van der Waals surface area contributed by atoms with Crippen LogP contribution in [0.1, 0.15) is 23.1 Å². The highest BCUT2D eigenvalue weighted by atomic mass is 32.2. The number of hydrogen-bond donors (Lipinski definition) is 0. The maximum atomic E-state index is 12.9. The number of fused-ring (bicyclic) bond motifs is 2. The second-order valence-corrected chi connectivity index (χ2v) is 8.67. The molecule has 3 heterocycles. The van der Waals surface area contributed by atoms with Gasteiger partial charge in [-0.3, -0.25) is 9.36 Å². The van der Waals surface area contributed by atoms with E-state index in [-0.39, 0.29) is 12.0 Å². The Morgan fingerprint density at radius 3 is 2.75 bits per heavy atom. The van der Waals surface area contributed by atoms with Crippen molar-refractivity contribution in [2.75, 3.05) is 18.9 Å². The molecule has 5 rings (SSSR count). The monoisotopic (exact) mass is 448 g/mol. The number of nitrogens with zero attached hydrogens (tertiary/aromatic N) is 4. The Labute approximate surface area is 191 Å². The van der Waals surface area contributed by atoms with Crippen molar-refractivity contribution in [3.05, 3.63) is 78.1 Å². The van der Waals surface area contributed by atoms with E-state index < -0.39 is 0 Å². The first-order valence-electron chi connectivity index (χ1n) is 10.6. The van der Waals surface area contributed by atoms with Crippen molar-refractivity contribution in [2.24, 2.45) is 0 Å². The van der Waals surface area contributed by atoms with Crippen molar-refractivity contribution < 1.29 is 14.3 Å². The molecule has 2 aromatic carbocycles. The van der Waals surface area contributed by atoms with E-state index in [1.165, 1.54) is 22.9 Å². The second kappa shape index (κ2) is 9.08. The number of ether oxygens (including phenoxy) is 2. The van der Waals surface area contributed by atoms with Gasteiger partial charge in [-0.2, -0.15) is 0 Å². The molecule has 0 N–H and O–H groups in total. The van der Waals surface area contributed by atoms with Crippen LogP contribution in [0.3, 0.4) is 0 Å². The lowest BCUT2D eigenvalue weighted by molar-refractivity contribution is -0.129. The molecule has 1 amide bonds. The highest BCUT2D eigenvalue weighted by Crippen LogP contribution is 2.36. The Bertz CT molecular complexity index is 1150. The third kappa shape index (κ3) is 4.10. The molecule has 8 heteroatoms. The lowest BCUT2D eigenvalue weighted by atomic mass is 10.00. The van der Waals surface area contributed by atoms with E-state index in [0.29, 0.717) is 42.2 Å². The second-order valence-electron chi connectivity index (χ2n) is 7.73. The molecule has 7 nitrogen and oxygen atoms in total. The number of carbonyl (C=O) groups is 1. The molecular formula is C24H24N4O3S. The van der Waals surface area contributed by atoms with Crippen LogP contribution in [-0.2, 0) is 24.3 Å². The summed E-state index contributed by atoms with van der Waals surface area (Å²) in [7, 11) is 0. The minimum atomic E-state index is -0.374. The number of para-hydroxylation sites is 2. The maximum absolute atomic E-state index is 12.9. The van der Waals surface area contributed by atoms with Crippen LogP contribution in [0.5, 0.6) is 11.5 Å². The van der Waals surface area contributed by atoms with Gasteiger partial charge in [0.15, 0.2) is 28.6 Å². The SMILES string of the molecule is C=CCn1c(SCC(=O)N2CCc3ccccc3C2)nnc1C1COc2ccccc2O1. The van der Waals surface area contributed by atoms with Gasteiger partial charge in [-0.15, -0.1) is 16.8 Å². The van der Waals surface area contributed by atoms with E-state index in [9.17, 15) is 4.79 Å². The average Bonchev–Trinajstić information content (AvgIpc) is 3.24. The molecule has 164 valence electrons. The molecule has 32 heavy (non-hydrogen) atoms. The summed E-state index contributed by atoms with van der Waals surface area (Å²) in [5, 5.41) is 9.38. The van der Waals surface area contributed by atoms with E-state index in [1.807, 2.05) is 39.8 Å². The zero-order valence-electron chi connectivity index (χ0n) is 17.6. The van der Waals surface area contributed by atoms with Crippen LogP contribution in [-0.4, -0.2) is 44.5 Å². The number of thioether (sulfide) groups is 1. The highest BCUT2D eigenvalue weighted by Gasteiger charge is 2.29. The Hall–Kier alpha value is -3.26. The van der Waals surface area contributed by atoms with E-state index in [0.717, 1.165) is 18.7 Å². The van der Waals surface area contributed by atoms with Crippen LogP contribution in [0.25, 0.3) is 0 Å². The minimum absolute atomic E-state index is 0.102. The molecule has 0 bridgehead atoms. The fraction of sp³-hybridized carbons (Fsp3) is 0.292. The molecule has 1 unspecified atom stereocenters. The number of hydrogen-bond acceptors (Lipinski definition) is 6. The molecule has 1 aromatic heterocycles. The largest absolute Gasteiger partial charge is 0.485 e. The van der Waals surface area contributed by atoms with Crippen molar-refractivity contribution in [2.45, 2.75) is 30.8 Å². The zero-order valence-corrected chi connectivity index (χ0v) is 18.5. The molecule has 0 aliphatic carbocycles. The first-order valence-corrected chi connectivity index (χ1v) is 11.6. The maximum Gasteiger partial charge on any atom is 0.233 e. The topological polar surface area (TPSA) is 69.5 Å². The first kappa shape index (κ1) is 20.6. The molecule has 1 atom stereocenters. The Kier molecular flexibility index (Phi) is 5.85. The van der Waals surface area contributed by atoms with Gasteiger partial charge in [-0.1, -0.05) is 54.2 Å². The van der Waals surface area contributed by atoms with Crippen LogP contribution >= 0.6 is 11.8 Å². The lowest BCUT2D eigenvalue weighted by Gasteiger charge is -2.28. The van der Waals surface area contributed by atoms with Gasteiger partial charge < -0.3 is 14.4 Å². The predicted molar refractivity (Wildman–Crippen MR) is 122 cm³/mol. The quantitative estimate of drug-likeness (QED) is 0.424. The van der Waals surface area contributed by atoms with Gasteiger partial charge in [0, 0.05) is 19.6 Å². The van der Waals surface area contributed by atoms with Crippen LogP contribution in [0.2, 0.25) is 0 Å². The molecule has 0 saturated carbocycles. The fourth-order valence-electron chi connectivity index (χ4n) is 4.02. The molecule has 0 spiro atoms. The fourth-order valence-corrected chi connectivity index (χ4v) is 4.88. The van der Waals surface area contributed by atoms with E-state index in [4.69, 9.17) is 9.47 Å². The number of rotatable bonds is 6. The smallest absolute Gasteiger partial charge is 0.233 e. The summed E-state index contributed by atoms with van der Waals surface area (Å²) in [5.41, 5.74) is 2.56. The van der Waals surface area contributed by atoms with Crippen molar-refractivity contribution in [3.63, 3.8) is 0 Å². The highest BCUT2D eigenvalue weighted by molar-refractivity contribution is 7.99. The van der Waals surface area contributed by atoms with Crippen molar-refractivity contribution >= 4 is 17.7 Å². The molecular weight excluding hydrogens is 424 g/mol. The van der Waals surface area contributed by atoms with E-state index in [2.05, 4.69) is 35.0 Å². The third-order valence-electron chi connectivity index (χ3n) is 5.66. The van der Waals surface area contributed by atoms with Gasteiger partial charge in [0.1, 0.15) is 6.61 Å². The summed E-state index contributed by atoms with van der Waals surface area (Å²) >= 11 is 1.39. The number of amides is 1. The summed E-state index contributed by atoms with van der Waals surface area (Å²) < 4.78 is 13.9. The molecule has 0 radical (unpaired) electrons. The van der Waals surface area contributed by atoms with Gasteiger partial charge in [0.2, 0.25) is 5.91 Å². The Balaban J connectivity index is 1.27. The first-order chi connectivity index (χ1) is 15.7. The number of carbonyl (C=O) groups excluding carboxylic acids is 1. The van der Waals surface area contributed by atoms with Gasteiger partial charge in [-0.25, -0.2) is 0 Å². The summed E-state index contributed by atoms with van der Waals surface area (Å²) in [6.45, 7) is 6.13. The van der Waals surface area contributed by atoms with E-state index in [1.54, 1.807) is 6.08 Å². The van der Waals surface area contributed by atoms with E-state index >= 15 is 0 Å². The van der Waals surface area contributed by atoms with Crippen LogP contribution < -0.4 is 9.47 Å². The number of benzene rings is 2. The molecule has 0 saturated heterocycles. The van der Waals surface area contributed by atoms with Gasteiger partial charge in [0.25, 0.3) is 0 Å². The Morgan fingerprint density at radius 1 is 1.12 bits per heavy atom. The lowest BCUT2D eigenvalue weighted by Crippen LogP contribution is -2.37. The van der Waals surface area contributed by atoms with Gasteiger partial charge in [-0.05, 0) is 29.7 Å². The normalized spacial score (nSPS) is 17.0. The summed E-state index contributed by atoms with van der Waals surface area (Å²) in [4.78, 5) is 14.8. The third-order valence-corrected chi connectivity index (χ3v) is 6.61. The van der Waals surface area contributed by atoms with Crippen molar-refractivity contribution in [3.8, 4) is 11.5 Å². The Morgan fingerprint density at radius 2 is 1.91 bits per heavy atom. The molecule has 0 fully saturated rings. The predicted octanol–water partition coefficient (Wildman–Crippen LogP) is 3.65. The summed E-state index contributed by atoms with van der Waals surface area (Å²) in [5.74, 6) is 2.49. The summed E-state index contributed by atoms with van der Waals surface area (Å²) in [6, 6.07) is 15.9. The van der Waals surface area contributed by atoms with Crippen LogP contribution in [0.4, 0.5) is 0 Å². The average molecular weight is 449 g/mol. The van der Waals surface area contributed by atoms with Crippen molar-refractivity contribution in [1.29, 1.82) is 0 Å². The minimum Gasteiger partial charge on any atom is -0.485 e. The molecule has 2 aliphatic heterocycles. The van der Waals surface area contributed by atoms with Crippen molar-refractivity contribution in [1.82, 2.24) is 19.7 Å². The summed E-state index contributed by atoms with van der Waals surface area (Å²) in [6.07, 6.45) is 2.31. The standard InChI is InChI=1S/C24H24N4O3S/c1-2-12-28-23(21-15-30-19-9-5-6-10-20(19)31-21)25-26-24(28)32-16-22(29)27-13-11-17-7-3-4-8-18(17)14-27/h2-10,21H,1,11-16H2. The van der Waals surface area contributed by atoms with Gasteiger partial charge in [0.05, 0.1) is 5.75 Å². The zero-order chi connectivity index (χ0) is 21.9.